The van der Waals surface area contributed by atoms with Crippen molar-refractivity contribution >= 4 is 35.2 Å². The van der Waals surface area contributed by atoms with E-state index in [9.17, 15) is 14.4 Å². The van der Waals surface area contributed by atoms with Gasteiger partial charge in [0.2, 0.25) is 5.91 Å². The van der Waals surface area contributed by atoms with E-state index in [-0.39, 0.29) is 5.91 Å². The fraction of sp³-hybridized carbons (Fsp3) is 0.227. The van der Waals surface area contributed by atoms with Crippen LogP contribution in [0.3, 0.4) is 0 Å². The molecule has 2 amide bonds. The number of esters is 1. The van der Waals surface area contributed by atoms with Crippen molar-refractivity contribution in [2.75, 3.05) is 24.9 Å². The lowest BCUT2D eigenvalue weighted by Gasteiger charge is -2.13. The number of methoxy groups -OCH3 is 2. The second kappa shape index (κ2) is 10.7. The van der Waals surface area contributed by atoms with E-state index in [0.717, 1.165) is 0 Å². The van der Waals surface area contributed by atoms with Gasteiger partial charge in [-0.1, -0.05) is 6.07 Å². The van der Waals surface area contributed by atoms with Gasteiger partial charge in [0.05, 0.1) is 14.2 Å². The molecule has 0 bridgehead atoms. The van der Waals surface area contributed by atoms with E-state index in [4.69, 9.17) is 14.2 Å². The molecule has 0 unspecified atom stereocenters. The van der Waals surface area contributed by atoms with E-state index < -0.39 is 18.0 Å². The smallest absolute Gasteiger partial charge is 0.331 e. The van der Waals surface area contributed by atoms with Crippen molar-refractivity contribution in [1.82, 2.24) is 0 Å². The summed E-state index contributed by atoms with van der Waals surface area (Å²) >= 11 is 0. The van der Waals surface area contributed by atoms with E-state index in [2.05, 4.69) is 10.6 Å². The summed E-state index contributed by atoms with van der Waals surface area (Å²) in [7, 11) is 3.06. The SMILES string of the molecule is COc1ccc(/C=C/C(=O)O[C@H](C)C(=O)Nc2ccc(NC(C)=O)cc2)cc1OC. The summed E-state index contributed by atoms with van der Waals surface area (Å²) in [5.74, 6) is -0.213. The molecule has 30 heavy (non-hydrogen) atoms. The zero-order valence-corrected chi connectivity index (χ0v) is 17.2. The number of anilines is 2. The Morgan fingerprint density at radius 2 is 1.50 bits per heavy atom. The van der Waals surface area contributed by atoms with E-state index in [0.29, 0.717) is 28.4 Å². The number of rotatable bonds is 8. The molecule has 8 heteroatoms. The Morgan fingerprint density at radius 3 is 2.07 bits per heavy atom. The van der Waals surface area contributed by atoms with E-state index in [1.165, 1.54) is 34.1 Å². The first-order chi connectivity index (χ1) is 14.3. The second-order valence-corrected chi connectivity index (χ2v) is 6.27. The lowest BCUT2D eigenvalue weighted by atomic mass is 10.2. The molecule has 0 fully saturated rings. The predicted molar refractivity (Wildman–Crippen MR) is 114 cm³/mol. The van der Waals surface area contributed by atoms with Gasteiger partial charge in [-0.05, 0) is 55.0 Å². The van der Waals surface area contributed by atoms with Crippen molar-refractivity contribution in [1.29, 1.82) is 0 Å². The standard InChI is InChI=1S/C22H24N2O6/c1-14(22(27)24-18-9-7-17(8-10-18)23-15(2)25)30-21(26)12-6-16-5-11-19(28-3)20(13-16)29-4/h5-14H,1-4H3,(H,23,25)(H,24,27)/b12-6+/t14-/m1/s1. The maximum absolute atomic E-state index is 12.2. The van der Waals surface area contributed by atoms with Gasteiger partial charge in [-0.15, -0.1) is 0 Å². The minimum Gasteiger partial charge on any atom is -0.493 e. The minimum absolute atomic E-state index is 0.187. The van der Waals surface area contributed by atoms with Crippen LogP contribution in [-0.2, 0) is 19.1 Å². The van der Waals surface area contributed by atoms with Crippen LogP contribution in [0.25, 0.3) is 6.08 Å². The van der Waals surface area contributed by atoms with Crippen LogP contribution in [0.2, 0.25) is 0 Å². The highest BCUT2D eigenvalue weighted by atomic mass is 16.5. The summed E-state index contributed by atoms with van der Waals surface area (Å²) in [6.45, 7) is 2.88. The van der Waals surface area contributed by atoms with Crippen molar-refractivity contribution in [2.45, 2.75) is 20.0 Å². The van der Waals surface area contributed by atoms with Crippen LogP contribution in [0.1, 0.15) is 19.4 Å². The summed E-state index contributed by atoms with van der Waals surface area (Å²) in [5.41, 5.74) is 1.83. The number of benzene rings is 2. The topological polar surface area (TPSA) is 103 Å². The lowest BCUT2D eigenvalue weighted by molar-refractivity contribution is -0.148. The van der Waals surface area contributed by atoms with Crippen LogP contribution in [0.4, 0.5) is 11.4 Å². The highest BCUT2D eigenvalue weighted by Gasteiger charge is 2.16. The number of hydrogen-bond acceptors (Lipinski definition) is 6. The molecule has 0 radical (unpaired) electrons. The van der Waals surface area contributed by atoms with E-state index in [1.54, 1.807) is 48.5 Å². The monoisotopic (exact) mass is 412 g/mol. The molecule has 0 saturated carbocycles. The molecule has 1 atom stereocenters. The van der Waals surface area contributed by atoms with Crippen LogP contribution in [0.15, 0.2) is 48.5 Å². The van der Waals surface area contributed by atoms with Gasteiger partial charge in [0.25, 0.3) is 5.91 Å². The highest BCUT2D eigenvalue weighted by molar-refractivity contribution is 5.97. The zero-order chi connectivity index (χ0) is 22.1. The van der Waals surface area contributed by atoms with Gasteiger partial charge in [0, 0.05) is 24.4 Å². The average Bonchev–Trinajstić information content (AvgIpc) is 2.72. The molecule has 0 heterocycles. The molecule has 2 rings (SSSR count). The molecule has 0 saturated heterocycles. The Bertz CT molecular complexity index is 937. The first-order valence-electron chi connectivity index (χ1n) is 9.11. The van der Waals surface area contributed by atoms with Gasteiger partial charge in [-0.25, -0.2) is 4.79 Å². The molecule has 2 aromatic carbocycles. The lowest BCUT2D eigenvalue weighted by Crippen LogP contribution is -2.29. The summed E-state index contributed by atoms with van der Waals surface area (Å²) < 4.78 is 15.5. The van der Waals surface area contributed by atoms with Gasteiger partial charge in [-0.3, -0.25) is 9.59 Å². The first-order valence-corrected chi connectivity index (χ1v) is 9.11. The number of nitrogens with one attached hydrogen (secondary N) is 2. The Labute approximate surface area is 174 Å². The quantitative estimate of drug-likeness (QED) is 0.510. The predicted octanol–water partition coefficient (Wildman–Crippen LogP) is 3.25. The van der Waals surface area contributed by atoms with Crippen LogP contribution < -0.4 is 20.1 Å². The Kier molecular flexibility index (Phi) is 7.99. The third kappa shape index (κ3) is 6.66. The first kappa shape index (κ1) is 22.5. The van der Waals surface area contributed by atoms with E-state index >= 15 is 0 Å². The third-order valence-corrected chi connectivity index (χ3v) is 3.95. The Morgan fingerprint density at radius 1 is 0.900 bits per heavy atom. The molecule has 0 aliphatic heterocycles. The summed E-state index contributed by atoms with van der Waals surface area (Å²) in [6.07, 6.45) is 1.78. The van der Waals surface area contributed by atoms with Gasteiger partial charge >= 0.3 is 5.97 Å². The highest BCUT2D eigenvalue weighted by Crippen LogP contribution is 2.28. The summed E-state index contributed by atoms with van der Waals surface area (Å²) in [5, 5.41) is 5.28. The number of amides is 2. The van der Waals surface area contributed by atoms with Crippen molar-refractivity contribution in [3.63, 3.8) is 0 Å². The van der Waals surface area contributed by atoms with Crippen molar-refractivity contribution < 1.29 is 28.6 Å². The molecular weight excluding hydrogens is 388 g/mol. The molecule has 2 N–H and O–H groups in total. The fourth-order valence-electron chi connectivity index (χ4n) is 2.47. The van der Waals surface area contributed by atoms with Crippen molar-refractivity contribution in [3.05, 3.63) is 54.1 Å². The summed E-state index contributed by atoms with van der Waals surface area (Å²) in [6, 6.07) is 11.8. The minimum atomic E-state index is -0.998. The van der Waals surface area contributed by atoms with Crippen molar-refractivity contribution in [2.24, 2.45) is 0 Å². The average molecular weight is 412 g/mol. The largest absolute Gasteiger partial charge is 0.493 e. The fourth-order valence-corrected chi connectivity index (χ4v) is 2.47. The molecule has 0 spiro atoms. The molecule has 158 valence electrons. The van der Waals surface area contributed by atoms with Gasteiger partial charge in [0.1, 0.15) is 0 Å². The molecule has 8 nitrogen and oxygen atoms in total. The number of carbonyl (C=O) groups is 3. The van der Waals surface area contributed by atoms with Crippen LogP contribution in [0.5, 0.6) is 11.5 Å². The summed E-state index contributed by atoms with van der Waals surface area (Å²) in [4.78, 5) is 35.3. The molecular formula is C22H24N2O6. The van der Waals surface area contributed by atoms with Gasteiger partial charge in [0.15, 0.2) is 17.6 Å². The molecule has 2 aromatic rings. The van der Waals surface area contributed by atoms with Crippen LogP contribution in [0, 0.1) is 0 Å². The normalized spacial score (nSPS) is 11.5. The molecule has 0 aliphatic carbocycles. The zero-order valence-electron chi connectivity index (χ0n) is 17.2. The maximum atomic E-state index is 12.2. The third-order valence-electron chi connectivity index (χ3n) is 3.95. The number of hydrogen-bond donors (Lipinski definition) is 2. The Balaban J connectivity index is 1.90. The maximum Gasteiger partial charge on any atom is 0.331 e. The number of ether oxygens (including phenoxy) is 3. The second-order valence-electron chi connectivity index (χ2n) is 6.27. The van der Waals surface area contributed by atoms with Crippen molar-refractivity contribution in [3.8, 4) is 11.5 Å². The van der Waals surface area contributed by atoms with Crippen LogP contribution in [-0.4, -0.2) is 38.1 Å². The van der Waals surface area contributed by atoms with Gasteiger partial charge < -0.3 is 24.8 Å². The van der Waals surface area contributed by atoms with Gasteiger partial charge in [-0.2, -0.15) is 0 Å². The Hall–Kier alpha value is -3.81. The molecule has 0 aromatic heterocycles. The molecule has 0 aliphatic rings. The number of carbonyl (C=O) groups excluding carboxylic acids is 3. The van der Waals surface area contributed by atoms with Crippen LogP contribution >= 0.6 is 0 Å². The van der Waals surface area contributed by atoms with E-state index in [1.807, 2.05) is 0 Å².